The number of rotatable bonds is 2. The van der Waals surface area contributed by atoms with E-state index in [-0.39, 0.29) is 5.15 Å². The van der Waals surface area contributed by atoms with Crippen molar-refractivity contribution in [1.82, 2.24) is 9.97 Å². The van der Waals surface area contributed by atoms with Gasteiger partial charge in [0.05, 0.1) is 0 Å². The molecule has 5 heteroatoms. The Kier molecular flexibility index (Phi) is 3.93. The summed E-state index contributed by atoms with van der Waals surface area (Å²) in [6.45, 7) is 2.00. The number of halogens is 3. The molecule has 0 spiro atoms. The van der Waals surface area contributed by atoms with Crippen molar-refractivity contribution in [1.29, 1.82) is 0 Å². The highest BCUT2D eigenvalue weighted by Gasteiger charge is 2.10. The lowest BCUT2D eigenvalue weighted by atomic mass is 10.0. The Balaban J connectivity index is 2.38. The monoisotopic (exact) mass is 362 g/mol. The van der Waals surface area contributed by atoms with Crippen molar-refractivity contribution in [2.24, 2.45) is 0 Å². The van der Waals surface area contributed by atoms with E-state index in [2.05, 4.69) is 32.6 Å². The van der Waals surface area contributed by atoms with Crippen LogP contribution in [0.2, 0.25) is 5.15 Å². The topological polar surface area (TPSA) is 25.8 Å². The van der Waals surface area contributed by atoms with Gasteiger partial charge in [-0.25, -0.2) is 9.37 Å². The minimum atomic E-state index is -0.451. The normalized spacial score (nSPS) is 10.6. The highest BCUT2D eigenvalue weighted by molar-refractivity contribution is 14.1. The van der Waals surface area contributed by atoms with Gasteiger partial charge in [-0.15, -0.1) is 0 Å². The summed E-state index contributed by atoms with van der Waals surface area (Å²) in [5, 5.41) is -0.0845. The van der Waals surface area contributed by atoms with Crippen LogP contribution in [0.25, 0.3) is 0 Å². The third-order valence-corrected chi connectivity index (χ3v) is 3.92. The first kappa shape index (κ1) is 12.7. The Morgan fingerprint density at radius 2 is 2.12 bits per heavy atom. The summed E-state index contributed by atoms with van der Waals surface area (Å²) in [4.78, 5) is 7.81. The lowest BCUT2D eigenvalue weighted by Gasteiger charge is -2.08. The number of hydrogen-bond acceptors (Lipinski definition) is 2. The third-order valence-electron chi connectivity index (χ3n) is 2.57. The van der Waals surface area contributed by atoms with Crippen molar-refractivity contribution < 1.29 is 4.39 Å². The Morgan fingerprint density at radius 1 is 1.35 bits per heavy atom. The Bertz CT molecular complexity index is 511. The second-order valence-corrected chi connectivity index (χ2v) is 5.18. The molecule has 0 aliphatic carbocycles. The van der Waals surface area contributed by atoms with Crippen molar-refractivity contribution in [3.63, 3.8) is 0 Å². The molecule has 2 aromatic heterocycles. The molecule has 17 heavy (non-hydrogen) atoms. The van der Waals surface area contributed by atoms with Crippen LogP contribution in [0.15, 0.2) is 24.7 Å². The molecule has 0 radical (unpaired) electrons. The molecule has 0 aliphatic rings. The molecule has 0 aromatic carbocycles. The average Bonchev–Trinajstić information content (AvgIpc) is 2.31. The zero-order valence-electron chi connectivity index (χ0n) is 9.04. The molecule has 0 bridgehead atoms. The molecule has 2 nitrogen and oxygen atoms in total. The van der Waals surface area contributed by atoms with Crippen LogP contribution < -0.4 is 0 Å². The van der Waals surface area contributed by atoms with Crippen molar-refractivity contribution >= 4 is 34.2 Å². The average molecular weight is 363 g/mol. The molecule has 2 heterocycles. The zero-order valence-corrected chi connectivity index (χ0v) is 12.0. The molecule has 0 saturated heterocycles. The fourth-order valence-corrected chi connectivity index (χ4v) is 2.20. The van der Waals surface area contributed by atoms with E-state index >= 15 is 0 Å². The first-order valence-corrected chi connectivity index (χ1v) is 6.43. The maximum absolute atomic E-state index is 13.7. The van der Waals surface area contributed by atoms with E-state index in [1.54, 1.807) is 18.5 Å². The largest absolute Gasteiger partial charge is 0.263 e. The maximum atomic E-state index is 13.7. The molecule has 0 N–H and O–H groups in total. The lowest BCUT2D eigenvalue weighted by Crippen LogP contribution is -1.99. The highest BCUT2D eigenvalue weighted by atomic mass is 127. The number of hydrogen-bond donors (Lipinski definition) is 0. The Morgan fingerprint density at radius 3 is 2.88 bits per heavy atom. The van der Waals surface area contributed by atoms with Crippen molar-refractivity contribution in [3.8, 4) is 0 Å². The third kappa shape index (κ3) is 2.74. The lowest BCUT2D eigenvalue weighted by molar-refractivity contribution is 0.607. The van der Waals surface area contributed by atoms with E-state index in [0.29, 0.717) is 12.0 Å². The van der Waals surface area contributed by atoms with Gasteiger partial charge in [-0.05, 0) is 52.3 Å². The van der Waals surface area contributed by atoms with Gasteiger partial charge in [-0.2, -0.15) is 0 Å². The summed E-state index contributed by atoms with van der Waals surface area (Å²) in [6.07, 6.45) is 5.53. The molecule has 88 valence electrons. The van der Waals surface area contributed by atoms with Gasteiger partial charge < -0.3 is 0 Å². The van der Waals surface area contributed by atoms with Gasteiger partial charge in [0.25, 0.3) is 0 Å². The summed E-state index contributed by atoms with van der Waals surface area (Å²) in [6, 6.07) is 1.64. The summed E-state index contributed by atoms with van der Waals surface area (Å²) in [7, 11) is 0. The Labute approximate surface area is 117 Å². The van der Waals surface area contributed by atoms with E-state index in [9.17, 15) is 4.39 Å². The number of aromatic nitrogens is 2. The fourth-order valence-electron chi connectivity index (χ4n) is 1.51. The summed E-state index contributed by atoms with van der Waals surface area (Å²) in [5.74, 6) is -0.451. The van der Waals surface area contributed by atoms with Crippen LogP contribution in [0.1, 0.15) is 16.7 Å². The first-order valence-electron chi connectivity index (χ1n) is 4.97. The minimum absolute atomic E-state index is 0.0845. The van der Waals surface area contributed by atoms with Crippen molar-refractivity contribution in [3.05, 3.63) is 55.9 Å². The maximum Gasteiger partial charge on any atom is 0.165 e. The van der Waals surface area contributed by atoms with Crippen LogP contribution in [-0.4, -0.2) is 9.97 Å². The van der Waals surface area contributed by atoms with Crippen LogP contribution in [-0.2, 0) is 6.42 Å². The number of pyridine rings is 2. The molecule has 0 atom stereocenters. The van der Waals surface area contributed by atoms with Crippen LogP contribution in [0.3, 0.4) is 0 Å². The predicted molar refractivity (Wildman–Crippen MR) is 73.7 cm³/mol. The van der Waals surface area contributed by atoms with Crippen molar-refractivity contribution in [2.45, 2.75) is 13.3 Å². The summed E-state index contributed by atoms with van der Waals surface area (Å²) >= 11 is 7.86. The highest BCUT2D eigenvalue weighted by Crippen LogP contribution is 2.21. The van der Waals surface area contributed by atoms with E-state index in [0.717, 1.165) is 14.7 Å². The molecule has 0 unspecified atom stereocenters. The molecule has 0 aliphatic heterocycles. The summed E-state index contributed by atoms with van der Waals surface area (Å²) < 4.78 is 14.8. The van der Waals surface area contributed by atoms with Gasteiger partial charge in [0, 0.05) is 28.6 Å². The van der Waals surface area contributed by atoms with Crippen molar-refractivity contribution in [2.75, 3.05) is 0 Å². The van der Waals surface area contributed by atoms with Gasteiger partial charge in [0.2, 0.25) is 0 Å². The van der Waals surface area contributed by atoms with Gasteiger partial charge in [0.1, 0.15) is 0 Å². The first-order chi connectivity index (χ1) is 8.09. The quantitative estimate of drug-likeness (QED) is 0.600. The number of nitrogens with zero attached hydrogens (tertiary/aromatic N) is 2. The molecular weight excluding hydrogens is 354 g/mol. The standard InChI is InChI=1S/C12H9ClFIN2/c1-7-9(5-16-6-10(7)15)4-8-2-3-17-12(13)11(8)14/h2-3,5-6H,4H2,1H3. The van der Waals surface area contributed by atoms with Gasteiger partial charge in [-0.3, -0.25) is 4.98 Å². The molecular formula is C12H9ClFIN2. The predicted octanol–water partition coefficient (Wildman–Crippen LogP) is 3.77. The minimum Gasteiger partial charge on any atom is -0.263 e. The molecule has 2 rings (SSSR count). The fraction of sp³-hybridized carbons (Fsp3) is 0.167. The molecule has 0 fully saturated rings. The second-order valence-electron chi connectivity index (χ2n) is 3.66. The Hall–Kier alpha value is -0.750. The molecule has 0 saturated carbocycles. The van der Waals surface area contributed by atoms with E-state index in [1.807, 2.05) is 6.92 Å². The van der Waals surface area contributed by atoms with Crippen LogP contribution >= 0.6 is 34.2 Å². The zero-order chi connectivity index (χ0) is 12.4. The SMILES string of the molecule is Cc1c(I)cncc1Cc1ccnc(Cl)c1F. The van der Waals surface area contributed by atoms with E-state index in [1.165, 1.54) is 6.20 Å². The van der Waals surface area contributed by atoms with Crippen LogP contribution in [0, 0.1) is 16.3 Å². The van der Waals surface area contributed by atoms with Crippen LogP contribution in [0.4, 0.5) is 4.39 Å². The van der Waals surface area contributed by atoms with E-state index < -0.39 is 5.82 Å². The molecule has 2 aromatic rings. The van der Waals surface area contributed by atoms with Gasteiger partial charge >= 0.3 is 0 Å². The smallest absolute Gasteiger partial charge is 0.165 e. The molecule has 0 amide bonds. The second kappa shape index (κ2) is 5.27. The van der Waals surface area contributed by atoms with Gasteiger partial charge in [-0.1, -0.05) is 11.6 Å². The van der Waals surface area contributed by atoms with Gasteiger partial charge in [0.15, 0.2) is 11.0 Å². The summed E-state index contributed by atoms with van der Waals surface area (Å²) in [5.41, 5.74) is 2.66. The van der Waals surface area contributed by atoms with Crippen LogP contribution in [0.5, 0.6) is 0 Å². The van der Waals surface area contributed by atoms with E-state index in [4.69, 9.17) is 11.6 Å².